The molecule has 3 aromatic rings. The summed E-state index contributed by atoms with van der Waals surface area (Å²) in [6.07, 6.45) is -0.619. The topological polar surface area (TPSA) is 46.2 Å². The van der Waals surface area contributed by atoms with Crippen LogP contribution in [0.1, 0.15) is 30.1 Å². The predicted octanol–water partition coefficient (Wildman–Crippen LogP) is 4.00. The smallest absolute Gasteiger partial charge is 0.0873 e. The lowest BCUT2D eigenvalue weighted by Crippen LogP contribution is -2.29. The average molecular weight is 291 g/mol. The number of benzene rings is 3. The van der Waals surface area contributed by atoms with Crippen LogP contribution in [0.3, 0.4) is 0 Å². The molecule has 0 fully saturated rings. The maximum Gasteiger partial charge on any atom is 0.0873 e. The first-order chi connectivity index (χ1) is 10.7. The zero-order chi connectivity index (χ0) is 15.5. The molecule has 2 nitrogen and oxygen atoms in total. The van der Waals surface area contributed by atoms with E-state index in [1.165, 1.54) is 5.39 Å². The van der Waals surface area contributed by atoms with Gasteiger partial charge in [0.05, 0.1) is 6.10 Å². The molecule has 0 aromatic heterocycles. The minimum Gasteiger partial charge on any atom is -0.388 e. The van der Waals surface area contributed by atoms with Gasteiger partial charge in [-0.3, -0.25) is 0 Å². The third-order valence-electron chi connectivity index (χ3n) is 4.23. The van der Waals surface area contributed by atoms with Gasteiger partial charge in [-0.1, -0.05) is 72.8 Å². The standard InChI is InChI=1S/C20H21NO/c1-14(21)19(20(22)16-9-3-2-4-10-16)18-13-7-11-15-8-5-6-12-17(15)18/h2-14,19-20,22H,21H2,1H3. The van der Waals surface area contributed by atoms with Crippen LogP contribution >= 0.6 is 0 Å². The fraction of sp³-hybridized carbons (Fsp3) is 0.200. The molecule has 0 saturated carbocycles. The van der Waals surface area contributed by atoms with E-state index in [0.717, 1.165) is 16.5 Å². The van der Waals surface area contributed by atoms with Gasteiger partial charge >= 0.3 is 0 Å². The largest absolute Gasteiger partial charge is 0.388 e. The van der Waals surface area contributed by atoms with Gasteiger partial charge in [-0.25, -0.2) is 0 Å². The third kappa shape index (κ3) is 2.76. The zero-order valence-electron chi connectivity index (χ0n) is 12.7. The Labute approximate surface area is 131 Å². The van der Waals surface area contributed by atoms with Gasteiger partial charge in [-0.2, -0.15) is 0 Å². The van der Waals surface area contributed by atoms with Gasteiger partial charge in [0.15, 0.2) is 0 Å². The first kappa shape index (κ1) is 14.8. The molecule has 3 unspecified atom stereocenters. The number of hydrogen-bond acceptors (Lipinski definition) is 2. The van der Waals surface area contributed by atoms with Crippen LogP contribution < -0.4 is 5.73 Å². The second-order valence-corrected chi connectivity index (χ2v) is 5.81. The van der Waals surface area contributed by atoms with Crippen LogP contribution in [0.5, 0.6) is 0 Å². The maximum absolute atomic E-state index is 10.9. The van der Waals surface area contributed by atoms with Crippen molar-refractivity contribution in [2.24, 2.45) is 5.73 Å². The van der Waals surface area contributed by atoms with Crippen LogP contribution in [-0.2, 0) is 0 Å². The molecule has 112 valence electrons. The number of rotatable bonds is 4. The number of hydrogen-bond donors (Lipinski definition) is 2. The Morgan fingerprint density at radius 3 is 2.18 bits per heavy atom. The van der Waals surface area contributed by atoms with Gasteiger partial charge in [-0.15, -0.1) is 0 Å². The van der Waals surface area contributed by atoms with Crippen molar-refractivity contribution in [1.82, 2.24) is 0 Å². The van der Waals surface area contributed by atoms with E-state index in [1.54, 1.807) is 0 Å². The highest BCUT2D eigenvalue weighted by atomic mass is 16.3. The summed E-state index contributed by atoms with van der Waals surface area (Å²) in [4.78, 5) is 0. The van der Waals surface area contributed by atoms with Crippen LogP contribution in [0.25, 0.3) is 10.8 Å². The van der Waals surface area contributed by atoms with E-state index in [1.807, 2.05) is 55.5 Å². The van der Waals surface area contributed by atoms with Crippen LogP contribution in [-0.4, -0.2) is 11.1 Å². The number of nitrogens with two attached hydrogens (primary N) is 1. The van der Waals surface area contributed by atoms with Gasteiger partial charge in [0, 0.05) is 12.0 Å². The molecule has 3 atom stereocenters. The summed E-state index contributed by atoms with van der Waals surface area (Å²) in [6, 6.07) is 24.0. The summed E-state index contributed by atoms with van der Waals surface area (Å²) < 4.78 is 0. The maximum atomic E-state index is 10.9. The van der Waals surface area contributed by atoms with E-state index in [2.05, 4.69) is 24.3 Å². The van der Waals surface area contributed by atoms with Crippen LogP contribution in [0.15, 0.2) is 72.8 Å². The third-order valence-corrected chi connectivity index (χ3v) is 4.23. The van der Waals surface area contributed by atoms with Crippen molar-refractivity contribution in [3.05, 3.63) is 83.9 Å². The SMILES string of the molecule is CC(N)C(c1cccc2ccccc12)C(O)c1ccccc1. The minimum absolute atomic E-state index is 0.145. The minimum atomic E-state index is -0.619. The summed E-state index contributed by atoms with van der Waals surface area (Å²) in [6.45, 7) is 1.96. The Balaban J connectivity index is 2.11. The number of fused-ring (bicyclic) bond motifs is 1. The monoisotopic (exact) mass is 291 g/mol. The quantitative estimate of drug-likeness (QED) is 0.763. The summed E-state index contributed by atoms with van der Waals surface area (Å²) in [7, 11) is 0. The first-order valence-corrected chi connectivity index (χ1v) is 7.64. The van der Waals surface area contributed by atoms with Gasteiger partial charge in [0.25, 0.3) is 0 Å². The fourth-order valence-electron chi connectivity index (χ4n) is 3.14. The summed E-state index contributed by atoms with van der Waals surface area (Å²) >= 11 is 0. The van der Waals surface area contributed by atoms with Gasteiger partial charge in [0.2, 0.25) is 0 Å². The molecule has 0 saturated heterocycles. The lowest BCUT2D eigenvalue weighted by atomic mass is 9.82. The zero-order valence-corrected chi connectivity index (χ0v) is 12.7. The summed E-state index contributed by atoms with van der Waals surface area (Å²) in [5.41, 5.74) is 8.24. The second-order valence-electron chi connectivity index (χ2n) is 5.81. The molecule has 0 heterocycles. The van der Waals surface area contributed by atoms with E-state index in [4.69, 9.17) is 5.73 Å². The van der Waals surface area contributed by atoms with Crippen molar-refractivity contribution in [2.45, 2.75) is 25.0 Å². The first-order valence-electron chi connectivity index (χ1n) is 7.64. The molecule has 0 aliphatic carbocycles. The predicted molar refractivity (Wildman–Crippen MR) is 91.7 cm³/mol. The number of aliphatic hydroxyl groups is 1. The van der Waals surface area contributed by atoms with Gasteiger partial charge in [0.1, 0.15) is 0 Å². The normalized spacial score (nSPS) is 15.4. The van der Waals surface area contributed by atoms with Crippen molar-refractivity contribution in [2.75, 3.05) is 0 Å². The fourth-order valence-corrected chi connectivity index (χ4v) is 3.14. The van der Waals surface area contributed by atoms with Crippen LogP contribution in [0, 0.1) is 0 Å². The molecular formula is C20H21NO. The summed E-state index contributed by atoms with van der Waals surface area (Å²) in [5, 5.41) is 13.2. The molecule has 0 bridgehead atoms. The van der Waals surface area contributed by atoms with E-state index in [-0.39, 0.29) is 12.0 Å². The molecular weight excluding hydrogens is 270 g/mol. The molecule has 3 rings (SSSR count). The molecule has 3 N–H and O–H groups in total. The molecule has 0 radical (unpaired) electrons. The molecule has 2 heteroatoms. The highest BCUT2D eigenvalue weighted by molar-refractivity contribution is 5.86. The summed E-state index contributed by atoms with van der Waals surface area (Å²) in [5.74, 6) is -0.145. The van der Waals surface area contributed by atoms with Gasteiger partial charge < -0.3 is 10.8 Å². The average Bonchev–Trinajstić information content (AvgIpc) is 2.56. The van der Waals surface area contributed by atoms with Crippen LogP contribution in [0.2, 0.25) is 0 Å². The molecule has 0 aliphatic rings. The Bertz CT molecular complexity index is 747. The molecule has 0 spiro atoms. The Morgan fingerprint density at radius 2 is 1.45 bits per heavy atom. The number of aliphatic hydroxyl groups excluding tert-OH is 1. The van der Waals surface area contributed by atoms with Crippen LogP contribution in [0.4, 0.5) is 0 Å². The molecule has 0 amide bonds. The molecule has 22 heavy (non-hydrogen) atoms. The highest BCUT2D eigenvalue weighted by Crippen LogP contribution is 2.36. The van der Waals surface area contributed by atoms with E-state index in [9.17, 15) is 5.11 Å². The van der Waals surface area contributed by atoms with E-state index < -0.39 is 6.10 Å². The lowest BCUT2D eigenvalue weighted by molar-refractivity contribution is 0.135. The molecule has 3 aromatic carbocycles. The van der Waals surface area contributed by atoms with Crippen molar-refractivity contribution in [1.29, 1.82) is 0 Å². The van der Waals surface area contributed by atoms with E-state index >= 15 is 0 Å². The van der Waals surface area contributed by atoms with Crippen molar-refractivity contribution in [3.8, 4) is 0 Å². The highest BCUT2D eigenvalue weighted by Gasteiger charge is 2.27. The van der Waals surface area contributed by atoms with Crippen molar-refractivity contribution < 1.29 is 5.11 Å². The Hall–Kier alpha value is -2.16. The second kappa shape index (κ2) is 6.30. The van der Waals surface area contributed by atoms with Crippen molar-refractivity contribution in [3.63, 3.8) is 0 Å². The Kier molecular flexibility index (Phi) is 4.23. The van der Waals surface area contributed by atoms with E-state index in [0.29, 0.717) is 0 Å². The van der Waals surface area contributed by atoms with Gasteiger partial charge in [-0.05, 0) is 28.8 Å². The lowest BCUT2D eigenvalue weighted by Gasteiger charge is -2.28. The molecule has 0 aliphatic heterocycles. The Morgan fingerprint density at radius 1 is 0.818 bits per heavy atom. The van der Waals surface area contributed by atoms with Crippen molar-refractivity contribution >= 4 is 10.8 Å².